The molecule has 0 N–H and O–H groups in total. The lowest BCUT2D eigenvalue weighted by Crippen LogP contribution is -2.02. The van der Waals surface area contributed by atoms with Crippen LogP contribution in [0.25, 0.3) is 0 Å². The predicted molar refractivity (Wildman–Crippen MR) is 50.0 cm³/mol. The van der Waals surface area contributed by atoms with Gasteiger partial charge in [-0.3, -0.25) is 0 Å². The van der Waals surface area contributed by atoms with Gasteiger partial charge in [-0.1, -0.05) is 11.6 Å². The van der Waals surface area contributed by atoms with Gasteiger partial charge in [-0.15, -0.1) is 11.3 Å². The maximum atomic E-state index is 11.2. The third-order valence-electron chi connectivity index (χ3n) is 1.36. The van der Waals surface area contributed by atoms with Gasteiger partial charge in [0, 0.05) is 0 Å². The van der Waals surface area contributed by atoms with Gasteiger partial charge < -0.3 is 4.74 Å². The molecule has 1 aromatic rings. The van der Waals surface area contributed by atoms with Crippen LogP contribution in [0.1, 0.15) is 22.2 Å². The van der Waals surface area contributed by atoms with E-state index >= 15 is 0 Å². The number of carbonyl (C=O) groups is 1. The molecule has 12 heavy (non-hydrogen) atoms. The van der Waals surface area contributed by atoms with Gasteiger partial charge in [0.15, 0.2) is 0 Å². The van der Waals surface area contributed by atoms with Crippen LogP contribution >= 0.6 is 22.9 Å². The Morgan fingerprint density at radius 3 is 2.83 bits per heavy atom. The fourth-order valence-corrected chi connectivity index (χ4v) is 1.93. The summed E-state index contributed by atoms with van der Waals surface area (Å²) in [6, 6.07) is 0. The Labute approximate surface area is 80.1 Å². The molecule has 1 rings (SSSR count). The highest BCUT2D eigenvalue weighted by Gasteiger charge is 2.14. The highest BCUT2D eigenvalue weighted by atomic mass is 35.5. The molecule has 4 heteroatoms. The standard InChI is InChI=1S/C8H9ClO2S/c1-3-11-8(10)7-6(9)5(2)4-12-7/h4H,3H2,1-2H3. The first kappa shape index (κ1) is 9.55. The van der Waals surface area contributed by atoms with E-state index in [1.165, 1.54) is 11.3 Å². The second-order valence-electron chi connectivity index (χ2n) is 2.28. The lowest BCUT2D eigenvalue weighted by Gasteiger charge is -1.98. The van der Waals surface area contributed by atoms with Crippen molar-refractivity contribution in [3.63, 3.8) is 0 Å². The van der Waals surface area contributed by atoms with Gasteiger partial charge in [-0.25, -0.2) is 4.79 Å². The molecule has 0 aliphatic carbocycles. The average Bonchev–Trinajstić information content (AvgIpc) is 2.34. The van der Waals surface area contributed by atoms with Crippen molar-refractivity contribution < 1.29 is 9.53 Å². The van der Waals surface area contributed by atoms with Crippen molar-refractivity contribution in [3.8, 4) is 0 Å². The molecule has 1 heterocycles. The Kier molecular flexibility index (Phi) is 3.12. The number of esters is 1. The van der Waals surface area contributed by atoms with Crippen LogP contribution in [0.4, 0.5) is 0 Å². The number of carbonyl (C=O) groups excluding carboxylic acids is 1. The Morgan fingerprint density at radius 2 is 2.42 bits per heavy atom. The van der Waals surface area contributed by atoms with E-state index in [9.17, 15) is 4.79 Å². The lowest BCUT2D eigenvalue weighted by atomic mass is 10.3. The highest BCUT2D eigenvalue weighted by Crippen LogP contribution is 2.27. The predicted octanol–water partition coefficient (Wildman–Crippen LogP) is 2.89. The first-order valence-corrected chi connectivity index (χ1v) is 4.83. The topological polar surface area (TPSA) is 26.3 Å². The van der Waals surface area contributed by atoms with Gasteiger partial charge in [0.2, 0.25) is 0 Å². The second kappa shape index (κ2) is 3.92. The van der Waals surface area contributed by atoms with E-state index in [1.54, 1.807) is 6.92 Å². The minimum atomic E-state index is -0.333. The smallest absolute Gasteiger partial charge is 0.349 e. The molecule has 0 fully saturated rings. The molecule has 0 saturated heterocycles. The molecular formula is C8H9ClO2S. The summed E-state index contributed by atoms with van der Waals surface area (Å²) in [6.07, 6.45) is 0. The molecular weight excluding hydrogens is 196 g/mol. The quantitative estimate of drug-likeness (QED) is 0.693. The summed E-state index contributed by atoms with van der Waals surface area (Å²) in [4.78, 5) is 11.7. The van der Waals surface area contributed by atoms with Crippen LogP contribution in [0, 0.1) is 6.92 Å². The Morgan fingerprint density at radius 1 is 1.75 bits per heavy atom. The van der Waals surface area contributed by atoms with Crippen molar-refractivity contribution in [1.82, 2.24) is 0 Å². The van der Waals surface area contributed by atoms with E-state index < -0.39 is 0 Å². The molecule has 0 spiro atoms. The van der Waals surface area contributed by atoms with Crippen LogP contribution in [-0.2, 0) is 4.74 Å². The monoisotopic (exact) mass is 204 g/mol. The van der Waals surface area contributed by atoms with Crippen LogP contribution in [0.3, 0.4) is 0 Å². The molecule has 0 saturated carbocycles. The van der Waals surface area contributed by atoms with Crippen LogP contribution in [0.5, 0.6) is 0 Å². The van der Waals surface area contributed by atoms with Crippen LogP contribution in [0.2, 0.25) is 5.02 Å². The molecule has 0 aliphatic heterocycles. The fraction of sp³-hybridized carbons (Fsp3) is 0.375. The SMILES string of the molecule is CCOC(=O)c1scc(C)c1Cl. The lowest BCUT2D eigenvalue weighted by molar-refractivity contribution is 0.0532. The van der Waals surface area contributed by atoms with E-state index in [2.05, 4.69) is 0 Å². The summed E-state index contributed by atoms with van der Waals surface area (Å²) in [5, 5.41) is 2.35. The number of aryl methyl sites for hydroxylation is 1. The fourth-order valence-electron chi connectivity index (χ4n) is 0.764. The number of halogens is 1. The molecule has 0 aromatic carbocycles. The Bertz CT molecular complexity index is 293. The molecule has 0 atom stereocenters. The summed E-state index contributed by atoms with van der Waals surface area (Å²) in [7, 11) is 0. The van der Waals surface area contributed by atoms with E-state index in [-0.39, 0.29) is 5.97 Å². The maximum Gasteiger partial charge on any atom is 0.349 e. The first-order valence-electron chi connectivity index (χ1n) is 3.57. The van der Waals surface area contributed by atoms with Crippen LogP contribution in [0.15, 0.2) is 5.38 Å². The number of rotatable bonds is 2. The third-order valence-corrected chi connectivity index (χ3v) is 3.04. The van der Waals surface area contributed by atoms with Crippen molar-refractivity contribution in [1.29, 1.82) is 0 Å². The molecule has 0 amide bonds. The number of hydrogen-bond acceptors (Lipinski definition) is 3. The molecule has 66 valence electrons. The summed E-state index contributed by atoms with van der Waals surface area (Å²) >= 11 is 7.17. The van der Waals surface area contributed by atoms with Crippen molar-refractivity contribution >= 4 is 28.9 Å². The first-order chi connectivity index (χ1) is 5.66. The zero-order valence-electron chi connectivity index (χ0n) is 6.89. The van der Waals surface area contributed by atoms with E-state index in [4.69, 9.17) is 16.3 Å². The van der Waals surface area contributed by atoms with E-state index in [0.717, 1.165) is 5.56 Å². The average molecular weight is 205 g/mol. The van der Waals surface area contributed by atoms with Gasteiger partial charge in [-0.05, 0) is 24.8 Å². The van der Waals surface area contributed by atoms with Crippen molar-refractivity contribution in [2.75, 3.05) is 6.61 Å². The minimum Gasteiger partial charge on any atom is -0.462 e. The Balaban J connectivity index is 2.88. The summed E-state index contributed by atoms with van der Waals surface area (Å²) in [5.74, 6) is -0.333. The zero-order chi connectivity index (χ0) is 9.14. The second-order valence-corrected chi connectivity index (χ2v) is 3.54. The third kappa shape index (κ3) is 1.79. The van der Waals surface area contributed by atoms with Crippen molar-refractivity contribution in [2.45, 2.75) is 13.8 Å². The summed E-state index contributed by atoms with van der Waals surface area (Å²) < 4.78 is 4.81. The zero-order valence-corrected chi connectivity index (χ0v) is 8.46. The van der Waals surface area contributed by atoms with Crippen molar-refractivity contribution in [2.24, 2.45) is 0 Å². The highest BCUT2D eigenvalue weighted by molar-refractivity contribution is 7.12. The Hall–Kier alpha value is -0.540. The minimum absolute atomic E-state index is 0.333. The summed E-state index contributed by atoms with van der Waals surface area (Å²) in [5.41, 5.74) is 0.921. The largest absolute Gasteiger partial charge is 0.462 e. The molecule has 1 aromatic heterocycles. The maximum absolute atomic E-state index is 11.2. The van der Waals surface area contributed by atoms with E-state index in [1.807, 2.05) is 12.3 Å². The molecule has 0 bridgehead atoms. The number of thiophene rings is 1. The van der Waals surface area contributed by atoms with Gasteiger partial charge in [0.1, 0.15) is 4.88 Å². The molecule has 2 nitrogen and oxygen atoms in total. The van der Waals surface area contributed by atoms with Gasteiger partial charge in [-0.2, -0.15) is 0 Å². The number of hydrogen-bond donors (Lipinski definition) is 0. The van der Waals surface area contributed by atoms with Gasteiger partial charge >= 0.3 is 5.97 Å². The normalized spacial score (nSPS) is 9.92. The molecule has 0 aliphatic rings. The van der Waals surface area contributed by atoms with Crippen molar-refractivity contribution in [3.05, 3.63) is 20.8 Å². The van der Waals surface area contributed by atoms with Gasteiger partial charge in [0.25, 0.3) is 0 Å². The van der Waals surface area contributed by atoms with Crippen LogP contribution < -0.4 is 0 Å². The molecule has 0 unspecified atom stereocenters. The number of ether oxygens (including phenoxy) is 1. The molecule has 0 radical (unpaired) electrons. The summed E-state index contributed by atoms with van der Waals surface area (Å²) in [6.45, 7) is 4.01. The van der Waals surface area contributed by atoms with Gasteiger partial charge in [0.05, 0.1) is 11.6 Å². The van der Waals surface area contributed by atoms with Crippen LogP contribution in [-0.4, -0.2) is 12.6 Å². The van der Waals surface area contributed by atoms with E-state index in [0.29, 0.717) is 16.5 Å².